The van der Waals surface area contributed by atoms with Gasteiger partial charge < -0.3 is 16.8 Å². The Morgan fingerprint density at radius 1 is 1.20 bits per heavy atom. The number of nitrogens with one attached hydrogen (secondary N) is 1. The summed E-state index contributed by atoms with van der Waals surface area (Å²) in [6.45, 7) is 7.27. The third-order valence-corrected chi connectivity index (χ3v) is 2.19. The van der Waals surface area contributed by atoms with Crippen molar-refractivity contribution < 1.29 is 9.59 Å². The molecule has 0 aromatic carbocycles. The summed E-state index contributed by atoms with van der Waals surface area (Å²) in [7, 11) is 0. The van der Waals surface area contributed by atoms with Crippen LogP contribution in [-0.4, -0.2) is 23.9 Å². The van der Waals surface area contributed by atoms with E-state index >= 15 is 0 Å². The van der Waals surface area contributed by atoms with Crippen molar-refractivity contribution >= 4 is 11.8 Å². The summed E-state index contributed by atoms with van der Waals surface area (Å²) in [5.74, 6) is -0.609. The van der Waals surface area contributed by atoms with Crippen LogP contribution >= 0.6 is 0 Å². The highest BCUT2D eigenvalue weighted by molar-refractivity contribution is 5.84. The average molecular weight is 215 g/mol. The number of nitrogens with two attached hydrogens (primary N) is 2. The first-order valence-corrected chi connectivity index (χ1v) is 4.92. The lowest BCUT2D eigenvalue weighted by molar-refractivity contribution is -0.131. The Hall–Kier alpha value is -1.10. The predicted octanol–water partition coefficient (Wildman–Crippen LogP) is -0.258. The maximum absolute atomic E-state index is 11.7. The monoisotopic (exact) mass is 215 g/mol. The zero-order chi connectivity index (χ0) is 12.3. The molecule has 5 heteroatoms. The van der Waals surface area contributed by atoms with Gasteiger partial charge in [-0.05, 0) is 27.7 Å². The first-order chi connectivity index (χ1) is 6.60. The van der Waals surface area contributed by atoms with Crippen molar-refractivity contribution in [2.75, 3.05) is 6.54 Å². The van der Waals surface area contributed by atoms with Crippen molar-refractivity contribution in [1.29, 1.82) is 0 Å². The number of carbonyl (C=O) groups excluding carboxylic acids is 2. The quantitative estimate of drug-likeness (QED) is 0.589. The third kappa shape index (κ3) is 4.78. The number of amides is 2. The molecule has 15 heavy (non-hydrogen) atoms. The molecule has 0 saturated heterocycles. The zero-order valence-corrected chi connectivity index (χ0v) is 9.89. The molecule has 0 atom stereocenters. The van der Waals surface area contributed by atoms with Crippen LogP contribution in [0.15, 0.2) is 0 Å². The Bertz CT molecular complexity index is 259. The van der Waals surface area contributed by atoms with Crippen molar-refractivity contribution in [3.63, 3.8) is 0 Å². The minimum atomic E-state index is -0.630. The Morgan fingerprint density at radius 3 is 2.00 bits per heavy atom. The third-order valence-electron chi connectivity index (χ3n) is 2.19. The minimum Gasteiger partial charge on any atom is -0.370 e. The van der Waals surface area contributed by atoms with Gasteiger partial charge in [-0.15, -0.1) is 0 Å². The summed E-state index contributed by atoms with van der Waals surface area (Å²) in [5, 5.41) is 2.76. The maximum Gasteiger partial charge on any atom is 0.227 e. The number of carbonyl (C=O) groups is 2. The van der Waals surface area contributed by atoms with Gasteiger partial charge in [0.2, 0.25) is 11.8 Å². The summed E-state index contributed by atoms with van der Waals surface area (Å²) in [6.07, 6.45) is 0.111. The SMILES string of the molecule is CC(C)(CC(N)=O)NC(=O)C(C)(C)CN. The van der Waals surface area contributed by atoms with E-state index in [4.69, 9.17) is 11.5 Å². The molecule has 0 aliphatic heterocycles. The molecule has 0 rings (SSSR count). The van der Waals surface area contributed by atoms with Crippen molar-refractivity contribution in [3.8, 4) is 0 Å². The van der Waals surface area contributed by atoms with E-state index in [1.807, 2.05) is 0 Å². The van der Waals surface area contributed by atoms with Crippen LogP contribution in [0.3, 0.4) is 0 Å². The van der Waals surface area contributed by atoms with Gasteiger partial charge in [-0.25, -0.2) is 0 Å². The highest BCUT2D eigenvalue weighted by atomic mass is 16.2. The van der Waals surface area contributed by atoms with E-state index < -0.39 is 16.9 Å². The Balaban J connectivity index is 4.46. The van der Waals surface area contributed by atoms with Crippen LogP contribution in [0.1, 0.15) is 34.1 Å². The number of rotatable bonds is 5. The molecular weight excluding hydrogens is 194 g/mol. The lowest BCUT2D eigenvalue weighted by Crippen LogP contribution is -2.52. The number of hydrogen-bond acceptors (Lipinski definition) is 3. The Kier molecular flexibility index (Phi) is 4.27. The molecule has 0 saturated carbocycles. The van der Waals surface area contributed by atoms with Crippen molar-refractivity contribution in [1.82, 2.24) is 5.32 Å². The van der Waals surface area contributed by atoms with E-state index in [1.165, 1.54) is 0 Å². The molecule has 0 aliphatic rings. The van der Waals surface area contributed by atoms with Gasteiger partial charge in [0.05, 0.1) is 5.41 Å². The fraction of sp³-hybridized carbons (Fsp3) is 0.800. The summed E-state index contributed by atoms with van der Waals surface area (Å²) in [5.41, 5.74) is 9.30. The Morgan fingerprint density at radius 2 is 1.67 bits per heavy atom. The fourth-order valence-corrected chi connectivity index (χ4v) is 1.05. The smallest absolute Gasteiger partial charge is 0.227 e. The molecule has 0 unspecified atom stereocenters. The van der Waals surface area contributed by atoms with Crippen molar-refractivity contribution in [3.05, 3.63) is 0 Å². The molecule has 0 bridgehead atoms. The second kappa shape index (κ2) is 4.61. The van der Waals surface area contributed by atoms with Crippen LogP contribution in [0.25, 0.3) is 0 Å². The lowest BCUT2D eigenvalue weighted by atomic mass is 9.90. The first-order valence-electron chi connectivity index (χ1n) is 4.92. The molecule has 0 aromatic heterocycles. The molecule has 0 aliphatic carbocycles. The van der Waals surface area contributed by atoms with Crippen LogP contribution in [0.5, 0.6) is 0 Å². The van der Waals surface area contributed by atoms with Gasteiger partial charge in [0.25, 0.3) is 0 Å². The molecule has 88 valence electrons. The van der Waals surface area contributed by atoms with E-state index in [-0.39, 0.29) is 18.9 Å². The van der Waals surface area contributed by atoms with Gasteiger partial charge in [0, 0.05) is 18.5 Å². The molecule has 5 nitrogen and oxygen atoms in total. The van der Waals surface area contributed by atoms with Gasteiger partial charge in [-0.2, -0.15) is 0 Å². The second-order valence-corrected chi connectivity index (χ2v) is 5.07. The van der Waals surface area contributed by atoms with Crippen molar-refractivity contribution in [2.24, 2.45) is 16.9 Å². The van der Waals surface area contributed by atoms with Gasteiger partial charge in [0.1, 0.15) is 0 Å². The van der Waals surface area contributed by atoms with Crippen molar-refractivity contribution in [2.45, 2.75) is 39.7 Å². The van der Waals surface area contributed by atoms with E-state index in [1.54, 1.807) is 27.7 Å². The molecule has 2 amide bonds. The molecule has 0 heterocycles. The van der Waals surface area contributed by atoms with Crippen LogP contribution < -0.4 is 16.8 Å². The second-order valence-electron chi connectivity index (χ2n) is 5.07. The maximum atomic E-state index is 11.7. The molecule has 0 fully saturated rings. The number of primary amides is 1. The van der Waals surface area contributed by atoms with Gasteiger partial charge in [-0.1, -0.05) is 0 Å². The fourth-order valence-electron chi connectivity index (χ4n) is 1.05. The van der Waals surface area contributed by atoms with Crippen LogP contribution in [0, 0.1) is 5.41 Å². The minimum absolute atomic E-state index is 0.111. The summed E-state index contributed by atoms with van der Waals surface area (Å²) < 4.78 is 0. The molecule has 0 spiro atoms. The topological polar surface area (TPSA) is 98.2 Å². The van der Waals surface area contributed by atoms with Gasteiger partial charge >= 0.3 is 0 Å². The first kappa shape index (κ1) is 13.9. The van der Waals surface area contributed by atoms with Crippen LogP contribution in [-0.2, 0) is 9.59 Å². The molecule has 5 N–H and O–H groups in total. The van der Waals surface area contributed by atoms with Gasteiger partial charge in [0.15, 0.2) is 0 Å². The van der Waals surface area contributed by atoms with E-state index in [9.17, 15) is 9.59 Å². The summed E-state index contributed by atoms with van der Waals surface area (Å²) in [4.78, 5) is 22.5. The zero-order valence-electron chi connectivity index (χ0n) is 9.89. The standard InChI is InChI=1S/C10H21N3O2/c1-9(2,6-11)8(15)13-10(3,4)5-7(12)14/h5-6,11H2,1-4H3,(H2,12,14)(H,13,15). The highest BCUT2D eigenvalue weighted by Gasteiger charge is 2.31. The highest BCUT2D eigenvalue weighted by Crippen LogP contribution is 2.16. The summed E-state index contributed by atoms with van der Waals surface area (Å²) >= 11 is 0. The largest absolute Gasteiger partial charge is 0.370 e. The normalized spacial score (nSPS) is 12.3. The lowest BCUT2D eigenvalue weighted by Gasteiger charge is -2.30. The molecular formula is C10H21N3O2. The Labute approximate surface area is 90.6 Å². The summed E-state index contributed by atoms with van der Waals surface area (Å²) in [6, 6.07) is 0. The molecule has 0 radical (unpaired) electrons. The average Bonchev–Trinajstić information content (AvgIpc) is 2.00. The van der Waals surface area contributed by atoms with E-state index in [0.29, 0.717) is 0 Å². The van der Waals surface area contributed by atoms with Crippen LogP contribution in [0.2, 0.25) is 0 Å². The van der Waals surface area contributed by atoms with Crippen LogP contribution in [0.4, 0.5) is 0 Å². The molecule has 0 aromatic rings. The van der Waals surface area contributed by atoms with Gasteiger partial charge in [-0.3, -0.25) is 9.59 Å². The predicted molar refractivity (Wildman–Crippen MR) is 58.9 cm³/mol. The number of hydrogen-bond donors (Lipinski definition) is 3. The van der Waals surface area contributed by atoms with E-state index in [2.05, 4.69) is 5.32 Å². The van der Waals surface area contributed by atoms with E-state index in [0.717, 1.165) is 0 Å².